The molecule has 0 fully saturated rings. The number of allylic oxidation sites excluding steroid dienone is 4. The minimum absolute atomic E-state index is 0.0523. The lowest BCUT2D eigenvalue weighted by Gasteiger charge is -2.20. The van der Waals surface area contributed by atoms with Crippen LogP contribution in [0, 0.1) is 0 Å². The van der Waals surface area contributed by atoms with Crippen LogP contribution < -0.4 is 10.0 Å². The normalized spacial score (nSPS) is 17.5. The van der Waals surface area contributed by atoms with Crippen molar-refractivity contribution >= 4 is 17.3 Å². The minimum Gasteiger partial charge on any atom is -0.593 e. The molecule has 2 N–H and O–H groups in total. The largest absolute Gasteiger partial charge is 0.593 e. The van der Waals surface area contributed by atoms with Crippen molar-refractivity contribution in [2.24, 2.45) is 0 Å². The summed E-state index contributed by atoms with van der Waals surface area (Å²) in [5.41, 5.74) is 1.62. The first-order chi connectivity index (χ1) is 11.4. The van der Waals surface area contributed by atoms with Crippen LogP contribution in [0.4, 0.5) is 0 Å². The molecule has 1 aliphatic carbocycles. The average Bonchev–Trinajstić information content (AvgIpc) is 2.58. The summed E-state index contributed by atoms with van der Waals surface area (Å²) in [5.74, 6) is 0.716. The van der Waals surface area contributed by atoms with E-state index in [2.05, 4.69) is 16.6 Å². The number of methoxy groups -OCH3 is 1. The monoisotopic (exact) mass is 352 g/mol. The molecule has 24 heavy (non-hydrogen) atoms. The number of ether oxygens (including phenoxy) is 1. The van der Waals surface area contributed by atoms with Gasteiger partial charge in [0.1, 0.15) is 5.25 Å². The smallest absolute Gasteiger partial charge is 0.247 e. The quantitative estimate of drug-likeness (QED) is 0.380. The molecule has 5 nitrogen and oxygen atoms in total. The molecule has 134 valence electrons. The van der Waals surface area contributed by atoms with Gasteiger partial charge in [-0.3, -0.25) is 4.79 Å². The van der Waals surface area contributed by atoms with Crippen molar-refractivity contribution in [3.8, 4) is 0 Å². The SMILES string of the molecule is C=CC(C/C=C(\C)OC)NC(=O)C1=CC=C(N[S+]([O-])C(C)C)CC1. The molecule has 0 saturated heterocycles. The molecule has 1 amide bonds. The summed E-state index contributed by atoms with van der Waals surface area (Å²) < 4.78 is 19.9. The first-order valence-electron chi connectivity index (χ1n) is 8.08. The predicted octanol–water partition coefficient (Wildman–Crippen LogP) is 2.86. The fraction of sp³-hybridized carbons (Fsp3) is 0.500. The molecule has 0 aromatic carbocycles. The lowest BCUT2D eigenvalue weighted by Crippen LogP contribution is -2.35. The summed E-state index contributed by atoms with van der Waals surface area (Å²) in [7, 11) is 1.62. The first kappa shape index (κ1) is 20.4. The van der Waals surface area contributed by atoms with Gasteiger partial charge >= 0.3 is 0 Å². The van der Waals surface area contributed by atoms with Crippen molar-refractivity contribution in [1.82, 2.24) is 10.0 Å². The van der Waals surface area contributed by atoms with Crippen LogP contribution in [-0.4, -0.2) is 28.9 Å². The van der Waals surface area contributed by atoms with Gasteiger partial charge in [0, 0.05) is 5.57 Å². The van der Waals surface area contributed by atoms with Crippen LogP contribution in [0.5, 0.6) is 0 Å². The average molecular weight is 353 g/mol. The highest BCUT2D eigenvalue weighted by Gasteiger charge is 2.19. The van der Waals surface area contributed by atoms with Crippen molar-refractivity contribution in [2.75, 3.05) is 7.11 Å². The molecule has 0 bridgehead atoms. The van der Waals surface area contributed by atoms with E-state index in [0.29, 0.717) is 19.3 Å². The molecular weight excluding hydrogens is 324 g/mol. The number of rotatable bonds is 9. The van der Waals surface area contributed by atoms with Gasteiger partial charge in [-0.15, -0.1) is 6.58 Å². The van der Waals surface area contributed by atoms with Gasteiger partial charge in [-0.1, -0.05) is 12.2 Å². The molecule has 0 heterocycles. The molecule has 0 radical (unpaired) electrons. The van der Waals surface area contributed by atoms with Gasteiger partial charge in [0.15, 0.2) is 0 Å². The molecule has 0 spiro atoms. The van der Waals surface area contributed by atoms with Gasteiger partial charge in [0.05, 0.1) is 36.0 Å². The van der Waals surface area contributed by atoms with Crippen LogP contribution in [0.3, 0.4) is 0 Å². The molecule has 2 atom stereocenters. The lowest BCUT2D eigenvalue weighted by molar-refractivity contribution is -0.118. The zero-order valence-corrected chi connectivity index (χ0v) is 15.7. The van der Waals surface area contributed by atoms with Crippen LogP contribution in [-0.2, 0) is 20.9 Å². The Bertz CT molecular complexity index is 538. The highest BCUT2D eigenvalue weighted by atomic mass is 32.2. The van der Waals surface area contributed by atoms with Gasteiger partial charge in [-0.2, -0.15) is 0 Å². The Morgan fingerprint density at radius 3 is 2.67 bits per heavy atom. The minimum atomic E-state index is -1.09. The van der Waals surface area contributed by atoms with E-state index in [1.807, 2.05) is 32.9 Å². The van der Waals surface area contributed by atoms with Crippen LogP contribution in [0.2, 0.25) is 0 Å². The highest BCUT2D eigenvalue weighted by Crippen LogP contribution is 2.18. The molecule has 1 rings (SSSR count). The van der Waals surface area contributed by atoms with E-state index in [1.54, 1.807) is 19.3 Å². The summed E-state index contributed by atoms with van der Waals surface area (Å²) >= 11 is -1.09. The summed E-state index contributed by atoms with van der Waals surface area (Å²) in [6, 6.07) is -0.138. The van der Waals surface area contributed by atoms with E-state index in [1.165, 1.54) is 0 Å². The third-order valence-corrected chi connectivity index (χ3v) is 5.00. The second kappa shape index (κ2) is 10.3. The van der Waals surface area contributed by atoms with E-state index in [4.69, 9.17) is 4.74 Å². The van der Waals surface area contributed by atoms with Gasteiger partial charge in [0.25, 0.3) is 0 Å². The summed E-state index contributed by atoms with van der Waals surface area (Å²) in [6.07, 6.45) is 9.19. The van der Waals surface area contributed by atoms with Crippen molar-refractivity contribution in [2.45, 2.75) is 51.3 Å². The van der Waals surface area contributed by atoms with E-state index in [0.717, 1.165) is 17.0 Å². The lowest BCUT2D eigenvalue weighted by atomic mass is 10.0. The Morgan fingerprint density at radius 1 is 1.46 bits per heavy atom. The number of nitrogens with one attached hydrogen (secondary N) is 2. The Labute approximate surface area is 148 Å². The van der Waals surface area contributed by atoms with Gasteiger partial charge < -0.3 is 14.6 Å². The maximum Gasteiger partial charge on any atom is 0.247 e. The number of hydrogen-bond acceptors (Lipinski definition) is 4. The molecule has 0 aliphatic heterocycles. The van der Waals surface area contributed by atoms with E-state index in [9.17, 15) is 9.35 Å². The van der Waals surface area contributed by atoms with Crippen molar-refractivity contribution < 1.29 is 14.1 Å². The molecule has 6 heteroatoms. The zero-order chi connectivity index (χ0) is 18.1. The Hall–Kier alpha value is -1.66. The van der Waals surface area contributed by atoms with Crippen molar-refractivity contribution in [1.29, 1.82) is 0 Å². The first-order valence-corrected chi connectivity index (χ1v) is 9.29. The van der Waals surface area contributed by atoms with Crippen molar-refractivity contribution in [3.05, 3.63) is 47.9 Å². The molecule has 0 aromatic rings. The third kappa shape index (κ3) is 6.84. The fourth-order valence-corrected chi connectivity index (χ4v) is 2.67. The maximum atomic E-state index is 12.3. The number of hydrogen-bond donors (Lipinski definition) is 2. The van der Waals surface area contributed by atoms with Crippen LogP contribution >= 0.6 is 0 Å². The van der Waals surface area contributed by atoms with Crippen LogP contribution in [0.15, 0.2) is 47.9 Å². The second-order valence-electron chi connectivity index (χ2n) is 5.90. The highest BCUT2D eigenvalue weighted by molar-refractivity contribution is 7.90. The molecule has 0 saturated carbocycles. The fourth-order valence-electron chi connectivity index (χ4n) is 2.01. The van der Waals surface area contributed by atoms with E-state index >= 15 is 0 Å². The second-order valence-corrected chi connectivity index (χ2v) is 7.64. The topological polar surface area (TPSA) is 73.4 Å². The predicted molar refractivity (Wildman–Crippen MR) is 99.3 cm³/mol. The number of amides is 1. The van der Waals surface area contributed by atoms with Gasteiger partial charge in [-0.05, 0) is 52.2 Å². The summed E-state index contributed by atoms with van der Waals surface area (Å²) in [4.78, 5) is 12.3. The number of carbonyl (C=O) groups excluding carboxylic acids is 1. The molecule has 0 aromatic heterocycles. The standard InChI is InChI=1S/C18H28N2O3S/c1-6-16(10-7-14(4)23-5)19-18(21)15-8-11-17(12-9-15)20-24(22)13(2)3/h6-8,11,13,16,20H,1,9-10,12H2,2-5H3,(H,19,21)/b14-7+. The summed E-state index contributed by atoms with van der Waals surface area (Å²) in [6.45, 7) is 9.43. The third-order valence-electron chi connectivity index (χ3n) is 3.68. The van der Waals surface area contributed by atoms with Crippen molar-refractivity contribution in [3.63, 3.8) is 0 Å². The van der Waals surface area contributed by atoms with Crippen LogP contribution in [0.25, 0.3) is 0 Å². The van der Waals surface area contributed by atoms with E-state index in [-0.39, 0.29) is 17.2 Å². The molecular formula is C18H28N2O3S. The van der Waals surface area contributed by atoms with Gasteiger partial charge in [-0.25, -0.2) is 4.72 Å². The zero-order valence-electron chi connectivity index (χ0n) is 14.9. The Morgan fingerprint density at radius 2 is 2.17 bits per heavy atom. The maximum absolute atomic E-state index is 12.3. The van der Waals surface area contributed by atoms with Crippen LogP contribution in [0.1, 0.15) is 40.0 Å². The van der Waals surface area contributed by atoms with Gasteiger partial charge in [0.2, 0.25) is 5.91 Å². The molecule has 1 aliphatic rings. The Balaban J connectivity index is 2.60. The summed E-state index contributed by atoms with van der Waals surface area (Å²) in [5, 5.41) is 3.01. The Kier molecular flexibility index (Phi) is 8.71. The number of carbonyl (C=O) groups is 1. The van der Waals surface area contributed by atoms with E-state index < -0.39 is 11.4 Å². The molecule has 2 unspecified atom stereocenters.